The zero-order valence-corrected chi connectivity index (χ0v) is 12.9. The van der Waals surface area contributed by atoms with Crippen molar-refractivity contribution in [2.24, 2.45) is 0 Å². The molecule has 1 aliphatic heterocycles. The van der Waals surface area contributed by atoms with E-state index in [-0.39, 0.29) is 11.9 Å². The molecule has 23 heavy (non-hydrogen) atoms. The topological polar surface area (TPSA) is 75.9 Å². The number of aromatic nitrogens is 4. The maximum absolute atomic E-state index is 12.7. The van der Waals surface area contributed by atoms with E-state index in [0.717, 1.165) is 30.8 Å². The highest BCUT2D eigenvalue weighted by Gasteiger charge is 2.37. The number of hydrogen-bond donors (Lipinski definition) is 1. The van der Waals surface area contributed by atoms with Gasteiger partial charge >= 0.3 is 0 Å². The first-order chi connectivity index (χ1) is 11.3. The van der Waals surface area contributed by atoms with Crippen LogP contribution in [0.15, 0.2) is 30.6 Å². The highest BCUT2D eigenvalue weighted by molar-refractivity contribution is 5.95. The lowest BCUT2D eigenvalue weighted by molar-refractivity contribution is -0.121. The van der Waals surface area contributed by atoms with Gasteiger partial charge in [0.2, 0.25) is 5.91 Å². The van der Waals surface area contributed by atoms with Crippen molar-refractivity contribution in [3.05, 3.63) is 30.6 Å². The molecule has 1 atom stereocenters. The number of anilines is 1. The van der Waals surface area contributed by atoms with Gasteiger partial charge < -0.3 is 5.32 Å². The Hall–Kier alpha value is -2.28. The van der Waals surface area contributed by atoms with E-state index in [4.69, 9.17) is 0 Å². The minimum absolute atomic E-state index is 0.0111. The summed E-state index contributed by atoms with van der Waals surface area (Å²) in [6.07, 6.45) is 7.37. The van der Waals surface area contributed by atoms with Gasteiger partial charge in [0.1, 0.15) is 6.33 Å². The Morgan fingerprint density at radius 3 is 2.87 bits per heavy atom. The van der Waals surface area contributed by atoms with Crippen LogP contribution in [0.25, 0.3) is 5.69 Å². The molecule has 1 amide bonds. The molecule has 1 N–H and O–H groups in total. The monoisotopic (exact) mass is 312 g/mol. The summed E-state index contributed by atoms with van der Waals surface area (Å²) in [5.41, 5.74) is 1.61. The fraction of sp³-hybridized carbons (Fsp3) is 0.500. The van der Waals surface area contributed by atoms with Gasteiger partial charge in [-0.05, 0) is 60.9 Å². The summed E-state index contributed by atoms with van der Waals surface area (Å²) < 4.78 is 1.58. The van der Waals surface area contributed by atoms with Crippen molar-refractivity contribution in [3.8, 4) is 5.69 Å². The first kappa shape index (κ1) is 14.3. The molecule has 0 bridgehead atoms. The number of benzene rings is 1. The molecule has 0 spiro atoms. The van der Waals surface area contributed by atoms with Crippen molar-refractivity contribution in [3.63, 3.8) is 0 Å². The molecule has 2 fully saturated rings. The summed E-state index contributed by atoms with van der Waals surface area (Å²) in [7, 11) is 0. The van der Waals surface area contributed by atoms with Gasteiger partial charge in [0.15, 0.2) is 0 Å². The number of amides is 1. The third-order valence-electron chi connectivity index (χ3n) is 4.87. The van der Waals surface area contributed by atoms with E-state index in [9.17, 15) is 4.79 Å². The summed E-state index contributed by atoms with van der Waals surface area (Å²) in [6.45, 7) is 1.05. The Labute approximate surface area is 134 Å². The molecule has 2 aromatic rings. The molecule has 7 nitrogen and oxygen atoms in total. The predicted octanol–water partition coefficient (Wildman–Crippen LogP) is 1.62. The van der Waals surface area contributed by atoms with E-state index >= 15 is 0 Å². The molecule has 0 radical (unpaired) electrons. The normalized spacial score (nSPS) is 22.0. The number of nitrogens with zero attached hydrogens (tertiary/aromatic N) is 5. The van der Waals surface area contributed by atoms with Crippen molar-refractivity contribution in [2.75, 3.05) is 11.9 Å². The van der Waals surface area contributed by atoms with Gasteiger partial charge in [-0.2, -0.15) is 0 Å². The van der Waals surface area contributed by atoms with Crippen molar-refractivity contribution in [1.82, 2.24) is 25.1 Å². The number of carbonyl (C=O) groups is 1. The zero-order valence-electron chi connectivity index (χ0n) is 12.9. The molecule has 2 heterocycles. The third kappa shape index (κ3) is 2.84. The van der Waals surface area contributed by atoms with Crippen LogP contribution in [0.3, 0.4) is 0 Å². The van der Waals surface area contributed by atoms with Crippen molar-refractivity contribution in [1.29, 1.82) is 0 Å². The van der Waals surface area contributed by atoms with Gasteiger partial charge in [0.05, 0.1) is 11.7 Å². The molecule has 0 unspecified atom stereocenters. The highest BCUT2D eigenvalue weighted by atomic mass is 16.2. The van der Waals surface area contributed by atoms with Crippen LogP contribution in [0, 0.1) is 0 Å². The third-order valence-corrected chi connectivity index (χ3v) is 4.87. The molecule has 120 valence electrons. The summed E-state index contributed by atoms with van der Waals surface area (Å²) in [6, 6.07) is 8.20. The summed E-state index contributed by atoms with van der Waals surface area (Å²) in [5.74, 6) is 0.100. The lowest BCUT2D eigenvalue weighted by Gasteiger charge is -2.38. The van der Waals surface area contributed by atoms with E-state index in [1.165, 1.54) is 25.6 Å². The van der Waals surface area contributed by atoms with E-state index in [2.05, 4.69) is 25.7 Å². The lowest BCUT2D eigenvalue weighted by atomic mass is 9.91. The first-order valence-corrected chi connectivity index (χ1v) is 8.21. The minimum Gasteiger partial charge on any atom is -0.325 e. The maximum Gasteiger partial charge on any atom is 0.241 e. The lowest BCUT2D eigenvalue weighted by Crippen LogP contribution is -2.48. The van der Waals surface area contributed by atoms with Crippen LogP contribution in [-0.4, -0.2) is 49.6 Å². The van der Waals surface area contributed by atoms with Gasteiger partial charge in [0, 0.05) is 11.7 Å². The highest BCUT2D eigenvalue weighted by Crippen LogP contribution is 2.31. The number of carbonyl (C=O) groups excluding carboxylic acids is 1. The Balaban J connectivity index is 1.47. The van der Waals surface area contributed by atoms with E-state index < -0.39 is 0 Å². The summed E-state index contributed by atoms with van der Waals surface area (Å²) >= 11 is 0. The van der Waals surface area contributed by atoms with Crippen molar-refractivity contribution < 1.29 is 4.79 Å². The van der Waals surface area contributed by atoms with Crippen LogP contribution < -0.4 is 5.32 Å². The SMILES string of the molecule is O=C(Nc1cccc(-n2cnnn2)c1)[C@@H]1CCCN1C1CCC1. The Morgan fingerprint density at radius 1 is 1.22 bits per heavy atom. The summed E-state index contributed by atoms with van der Waals surface area (Å²) in [5, 5.41) is 14.2. The molecular weight excluding hydrogens is 292 g/mol. The molecule has 2 aliphatic rings. The Morgan fingerprint density at radius 2 is 2.13 bits per heavy atom. The molecular formula is C16H20N6O. The number of tetrazole rings is 1. The second-order valence-electron chi connectivity index (χ2n) is 6.27. The second kappa shape index (κ2) is 6.08. The van der Waals surface area contributed by atoms with Gasteiger partial charge in [-0.25, -0.2) is 4.68 Å². The number of hydrogen-bond acceptors (Lipinski definition) is 5. The second-order valence-corrected chi connectivity index (χ2v) is 6.27. The number of likely N-dealkylation sites (tertiary alicyclic amines) is 1. The molecule has 1 aromatic carbocycles. The van der Waals surface area contributed by atoms with E-state index in [1.54, 1.807) is 4.68 Å². The van der Waals surface area contributed by atoms with Gasteiger partial charge in [-0.1, -0.05) is 12.5 Å². The van der Waals surface area contributed by atoms with E-state index in [0.29, 0.717) is 6.04 Å². The molecule has 1 aromatic heterocycles. The van der Waals surface area contributed by atoms with Gasteiger partial charge in [0.25, 0.3) is 0 Å². The first-order valence-electron chi connectivity index (χ1n) is 8.21. The zero-order chi connectivity index (χ0) is 15.6. The maximum atomic E-state index is 12.7. The van der Waals surface area contributed by atoms with Crippen LogP contribution in [0.1, 0.15) is 32.1 Å². The number of nitrogens with one attached hydrogen (secondary N) is 1. The smallest absolute Gasteiger partial charge is 0.241 e. The summed E-state index contributed by atoms with van der Waals surface area (Å²) in [4.78, 5) is 15.1. The minimum atomic E-state index is 0.0111. The molecule has 7 heteroatoms. The quantitative estimate of drug-likeness (QED) is 0.928. The van der Waals surface area contributed by atoms with E-state index in [1.807, 2.05) is 24.3 Å². The Bertz CT molecular complexity index is 682. The van der Waals surface area contributed by atoms with Crippen LogP contribution in [-0.2, 0) is 4.79 Å². The average Bonchev–Trinajstić information content (AvgIpc) is 3.17. The molecule has 1 saturated carbocycles. The Kier molecular flexibility index (Phi) is 3.78. The fourth-order valence-corrected chi connectivity index (χ4v) is 3.46. The van der Waals surface area contributed by atoms with Gasteiger partial charge in [-0.3, -0.25) is 9.69 Å². The average molecular weight is 312 g/mol. The van der Waals surface area contributed by atoms with Crippen molar-refractivity contribution in [2.45, 2.75) is 44.2 Å². The molecule has 1 saturated heterocycles. The van der Waals surface area contributed by atoms with Crippen LogP contribution in [0.5, 0.6) is 0 Å². The standard InChI is InChI=1S/C16H20N6O/c23-16(15-8-3-9-21(15)13-5-2-6-13)18-12-4-1-7-14(10-12)22-11-17-19-20-22/h1,4,7,10-11,13,15H,2-3,5-6,8-9H2,(H,18,23)/t15-/m0/s1. The number of rotatable bonds is 4. The largest absolute Gasteiger partial charge is 0.325 e. The molecule has 1 aliphatic carbocycles. The molecule has 4 rings (SSSR count). The van der Waals surface area contributed by atoms with Gasteiger partial charge in [-0.15, -0.1) is 5.10 Å². The van der Waals surface area contributed by atoms with Crippen LogP contribution >= 0.6 is 0 Å². The van der Waals surface area contributed by atoms with Crippen LogP contribution in [0.2, 0.25) is 0 Å². The predicted molar refractivity (Wildman–Crippen MR) is 85.2 cm³/mol. The van der Waals surface area contributed by atoms with Crippen LogP contribution in [0.4, 0.5) is 5.69 Å². The fourth-order valence-electron chi connectivity index (χ4n) is 3.46. The van der Waals surface area contributed by atoms with Crippen molar-refractivity contribution >= 4 is 11.6 Å².